The molecule has 0 saturated heterocycles. The molecule has 3 amide bonds. The number of nitrogens with two attached hydrogens (primary N) is 1. The molecule has 1 aliphatic rings. The van der Waals surface area contributed by atoms with Crippen LogP contribution < -0.4 is 11.1 Å². The number of hydrazone groups is 1. The highest BCUT2D eigenvalue weighted by Gasteiger charge is 2.33. The summed E-state index contributed by atoms with van der Waals surface area (Å²) in [4.78, 5) is 36.2. The van der Waals surface area contributed by atoms with Crippen LogP contribution in [-0.2, 0) is 20.9 Å². The van der Waals surface area contributed by atoms with Gasteiger partial charge >= 0.3 is 0 Å². The molecule has 0 bridgehead atoms. The maximum atomic E-state index is 12.5. The van der Waals surface area contributed by atoms with E-state index in [2.05, 4.69) is 10.4 Å². The maximum Gasteiger partial charge on any atom is 0.268 e. The van der Waals surface area contributed by atoms with Gasteiger partial charge in [-0.1, -0.05) is 51.1 Å². The van der Waals surface area contributed by atoms with E-state index in [4.69, 9.17) is 5.73 Å². The van der Waals surface area contributed by atoms with Gasteiger partial charge in [-0.15, -0.1) is 0 Å². The average molecular weight is 344 g/mol. The van der Waals surface area contributed by atoms with Crippen molar-refractivity contribution in [1.82, 2.24) is 10.3 Å². The molecule has 1 aliphatic heterocycles. The van der Waals surface area contributed by atoms with Gasteiger partial charge in [0, 0.05) is 12.8 Å². The summed E-state index contributed by atoms with van der Waals surface area (Å²) in [6.07, 6.45) is 0.446. The molecule has 1 aromatic carbocycles. The quantitative estimate of drug-likeness (QED) is 0.838. The van der Waals surface area contributed by atoms with Crippen molar-refractivity contribution in [2.45, 2.75) is 46.2 Å². The van der Waals surface area contributed by atoms with Crippen LogP contribution in [0.3, 0.4) is 0 Å². The van der Waals surface area contributed by atoms with Gasteiger partial charge in [0.2, 0.25) is 11.8 Å². The second kappa shape index (κ2) is 7.46. The lowest BCUT2D eigenvalue weighted by Gasteiger charge is -2.30. The number of nitrogens with zero attached hydrogens (tertiary/aromatic N) is 2. The van der Waals surface area contributed by atoms with Gasteiger partial charge < -0.3 is 11.1 Å². The van der Waals surface area contributed by atoms with E-state index in [0.717, 1.165) is 5.56 Å². The van der Waals surface area contributed by atoms with Crippen molar-refractivity contribution in [1.29, 1.82) is 0 Å². The summed E-state index contributed by atoms with van der Waals surface area (Å²) >= 11 is 0. The van der Waals surface area contributed by atoms with E-state index in [0.29, 0.717) is 6.54 Å². The molecule has 134 valence electrons. The number of carbonyl (C=O) groups excluding carboxylic acids is 3. The van der Waals surface area contributed by atoms with Crippen molar-refractivity contribution in [3.05, 3.63) is 35.9 Å². The second-order valence-corrected chi connectivity index (χ2v) is 7.16. The first-order chi connectivity index (χ1) is 11.7. The Morgan fingerprint density at radius 3 is 2.44 bits per heavy atom. The normalized spacial score (nSPS) is 16.2. The van der Waals surface area contributed by atoms with Crippen LogP contribution in [0.15, 0.2) is 35.4 Å². The predicted octanol–water partition coefficient (Wildman–Crippen LogP) is 1.18. The lowest BCUT2D eigenvalue weighted by Crippen LogP contribution is -2.54. The van der Waals surface area contributed by atoms with Gasteiger partial charge in [-0.25, -0.2) is 5.01 Å². The fraction of sp³-hybridized carbons (Fsp3) is 0.444. The molecule has 0 saturated carbocycles. The molecular weight excluding hydrogens is 320 g/mol. The molecule has 1 heterocycles. The number of primary amides is 1. The summed E-state index contributed by atoms with van der Waals surface area (Å²) in [6, 6.07) is 8.60. The topological polar surface area (TPSA) is 105 Å². The highest BCUT2D eigenvalue weighted by Crippen LogP contribution is 2.20. The zero-order valence-electron chi connectivity index (χ0n) is 14.8. The highest BCUT2D eigenvalue weighted by molar-refractivity contribution is 6.39. The molecule has 0 spiro atoms. The Bertz CT molecular complexity index is 692. The van der Waals surface area contributed by atoms with Gasteiger partial charge in [-0.3, -0.25) is 14.4 Å². The van der Waals surface area contributed by atoms with E-state index in [9.17, 15) is 14.4 Å². The van der Waals surface area contributed by atoms with Crippen LogP contribution in [0.5, 0.6) is 0 Å². The molecule has 3 N–H and O–H groups in total. The molecule has 2 rings (SSSR count). The van der Waals surface area contributed by atoms with Crippen molar-refractivity contribution >= 4 is 23.4 Å². The smallest absolute Gasteiger partial charge is 0.268 e. The van der Waals surface area contributed by atoms with Crippen LogP contribution in [0.2, 0.25) is 0 Å². The summed E-state index contributed by atoms with van der Waals surface area (Å²) < 4.78 is 0. The standard InChI is InChI=1S/C18H24N4O3/c1-18(2,3)15(16(19)24)20-17(25)13-9-10-14(23)22(21-13)11-12-7-5-4-6-8-12/h4-8,15H,9-11H2,1-3H3,(H2,19,24)(H,20,25)/t15-/m1/s1. The Morgan fingerprint density at radius 1 is 1.24 bits per heavy atom. The minimum atomic E-state index is -0.817. The van der Waals surface area contributed by atoms with E-state index >= 15 is 0 Å². The van der Waals surface area contributed by atoms with Gasteiger partial charge in [0.1, 0.15) is 11.8 Å². The fourth-order valence-electron chi connectivity index (χ4n) is 2.57. The summed E-state index contributed by atoms with van der Waals surface area (Å²) in [5.41, 5.74) is 6.03. The van der Waals surface area contributed by atoms with E-state index < -0.39 is 23.3 Å². The van der Waals surface area contributed by atoms with Crippen LogP contribution in [0.1, 0.15) is 39.2 Å². The SMILES string of the molecule is CC(C)(C)[C@H](NC(=O)C1=NN(Cc2ccccc2)C(=O)CC1)C(N)=O. The third-order valence-electron chi connectivity index (χ3n) is 3.97. The van der Waals surface area contributed by atoms with E-state index in [1.54, 1.807) is 0 Å². The molecule has 0 unspecified atom stereocenters. The molecule has 7 nitrogen and oxygen atoms in total. The summed E-state index contributed by atoms with van der Waals surface area (Å²) in [7, 11) is 0. The molecule has 25 heavy (non-hydrogen) atoms. The number of benzene rings is 1. The fourth-order valence-corrected chi connectivity index (χ4v) is 2.57. The molecule has 0 fully saturated rings. The first-order valence-electron chi connectivity index (χ1n) is 8.20. The lowest BCUT2D eigenvalue weighted by molar-refractivity contribution is -0.132. The molecule has 0 radical (unpaired) electrons. The van der Waals surface area contributed by atoms with Gasteiger partial charge in [0.25, 0.3) is 5.91 Å². The van der Waals surface area contributed by atoms with Crippen molar-refractivity contribution in [2.75, 3.05) is 0 Å². The minimum absolute atomic E-state index is 0.136. The third-order valence-corrected chi connectivity index (χ3v) is 3.97. The van der Waals surface area contributed by atoms with Crippen molar-refractivity contribution in [2.24, 2.45) is 16.3 Å². The summed E-state index contributed by atoms with van der Waals surface area (Å²) in [5.74, 6) is -1.21. The number of amides is 3. The van der Waals surface area contributed by atoms with Crippen LogP contribution in [0.25, 0.3) is 0 Å². The van der Waals surface area contributed by atoms with E-state index in [-0.39, 0.29) is 24.5 Å². The van der Waals surface area contributed by atoms with Gasteiger partial charge in [0.15, 0.2) is 0 Å². The summed E-state index contributed by atoms with van der Waals surface area (Å²) in [6.45, 7) is 5.75. The zero-order valence-corrected chi connectivity index (χ0v) is 14.8. The van der Waals surface area contributed by atoms with Crippen molar-refractivity contribution in [3.8, 4) is 0 Å². The molecule has 1 atom stereocenters. The second-order valence-electron chi connectivity index (χ2n) is 7.16. The predicted molar refractivity (Wildman–Crippen MR) is 94.2 cm³/mol. The Morgan fingerprint density at radius 2 is 1.88 bits per heavy atom. The van der Waals surface area contributed by atoms with Crippen LogP contribution in [0.4, 0.5) is 0 Å². The first-order valence-corrected chi connectivity index (χ1v) is 8.20. The average Bonchev–Trinajstić information content (AvgIpc) is 2.54. The third kappa shape index (κ3) is 4.89. The maximum absolute atomic E-state index is 12.5. The number of hydrogen-bond donors (Lipinski definition) is 2. The number of nitrogens with one attached hydrogen (secondary N) is 1. The molecular formula is C18H24N4O3. The molecule has 0 aliphatic carbocycles. The lowest BCUT2D eigenvalue weighted by atomic mass is 9.86. The van der Waals surface area contributed by atoms with Crippen LogP contribution in [0, 0.1) is 5.41 Å². The minimum Gasteiger partial charge on any atom is -0.368 e. The largest absolute Gasteiger partial charge is 0.368 e. The molecule has 1 aromatic rings. The number of carbonyl (C=O) groups is 3. The van der Waals surface area contributed by atoms with Gasteiger partial charge in [0.05, 0.1) is 6.54 Å². The molecule has 7 heteroatoms. The summed E-state index contributed by atoms with van der Waals surface area (Å²) in [5, 5.41) is 8.13. The molecule has 0 aromatic heterocycles. The van der Waals surface area contributed by atoms with Crippen LogP contribution >= 0.6 is 0 Å². The Labute approximate surface area is 147 Å². The zero-order chi connectivity index (χ0) is 18.6. The van der Waals surface area contributed by atoms with Crippen molar-refractivity contribution in [3.63, 3.8) is 0 Å². The van der Waals surface area contributed by atoms with E-state index in [1.807, 2.05) is 51.1 Å². The van der Waals surface area contributed by atoms with Gasteiger partial charge in [-0.05, 0) is 11.0 Å². The number of rotatable bonds is 5. The monoisotopic (exact) mass is 344 g/mol. The Kier molecular flexibility index (Phi) is 5.56. The van der Waals surface area contributed by atoms with E-state index in [1.165, 1.54) is 5.01 Å². The Hall–Kier alpha value is -2.70. The Balaban J connectivity index is 2.14. The van der Waals surface area contributed by atoms with Crippen LogP contribution in [-0.4, -0.2) is 34.5 Å². The van der Waals surface area contributed by atoms with Crippen molar-refractivity contribution < 1.29 is 14.4 Å². The highest BCUT2D eigenvalue weighted by atomic mass is 16.2. The number of hydrogen-bond acceptors (Lipinski definition) is 4. The first kappa shape index (κ1) is 18.6. The van der Waals surface area contributed by atoms with Gasteiger partial charge in [-0.2, -0.15) is 5.10 Å².